The van der Waals surface area contributed by atoms with Crippen molar-refractivity contribution in [1.29, 1.82) is 5.26 Å². The molecule has 1 aromatic carbocycles. The Labute approximate surface area is 105 Å². The zero-order chi connectivity index (χ0) is 12.4. The van der Waals surface area contributed by atoms with Gasteiger partial charge in [-0.05, 0) is 37.6 Å². The topological polar surface area (TPSA) is 41.6 Å². The van der Waals surface area contributed by atoms with Crippen LogP contribution in [0.4, 0.5) is 0 Å². The fraction of sp³-hybridized carbons (Fsp3) is 0.231. The van der Waals surface area contributed by atoms with Gasteiger partial charge in [-0.3, -0.25) is 4.68 Å². The molecule has 0 atom stereocenters. The molecule has 0 N–H and O–H groups in total. The number of hydrogen-bond donors (Lipinski definition) is 0. The van der Waals surface area contributed by atoms with E-state index in [4.69, 9.17) is 16.9 Å². The maximum absolute atomic E-state index is 8.76. The van der Waals surface area contributed by atoms with E-state index in [-0.39, 0.29) is 0 Å². The molecular weight excluding hydrogens is 234 g/mol. The lowest BCUT2D eigenvalue weighted by Gasteiger charge is -2.06. The maximum Gasteiger partial charge on any atom is 0.0992 e. The molecule has 2 rings (SSSR count). The predicted octanol–water partition coefficient (Wildman–Crippen LogP) is 3.07. The van der Waals surface area contributed by atoms with Gasteiger partial charge in [-0.2, -0.15) is 10.4 Å². The van der Waals surface area contributed by atoms with E-state index in [0.29, 0.717) is 17.1 Å². The Balaban J connectivity index is 2.31. The van der Waals surface area contributed by atoms with Gasteiger partial charge in [0.2, 0.25) is 0 Å². The van der Waals surface area contributed by atoms with Gasteiger partial charge in [-0.1, -0.05) is 17.7 Å². The summed E-state index contributed by atoms with van der Waals surface area (Å²) in [5.41, 5.74) is 3.64. The van der Waals surface area contributed by atoms with E-state index in [2.05, 4.69) is 11.2 Å². The maximum atomic E-state index is 8.76. The van der Waals surface area contributed by atoms with E-state index < -0.39 is 0 Å². The number of aromatic nitrogens is 2. The molecule has 0 saturated heterocycles. The van der Waals surface area contributed by atoms with Crippen LogP contribution in [0, 0.1) is 25.2 Å². The summed E-state index contributed by atoms with van der Waals surface area (Å²) in [5, 5.41) is 13.8. The Morgan fingerprint density at radius 1 is 1.35 bits per heavy atom. The highest BCUT2D eigenvalue weighted by Gasteiger charge is 2.06. The van der Waals surface area contributed by atoms with Gasteiger partial charge in [0.05, 0.1) is 23.9 Å². The normalized spacial score (nSPS) is 10.2. The summed E-state index contributed by atoms with van der Waals surface area (Å²) in [4.78, 5) is 0. The quantitative estimate of drug-likeness (QED) is 0.816. The first kappa shape index (κ1) is 11.7. The van der Waals surface area contributed by atoms with Crippen molar-refractivity contribution in [3.8, 4) is 6.07 Å². The molecule has 0 saturated carbocycles. The van der Waals surface area contributed by atoms with Crippen LogP contribution in [-0.4, -0.2) is 9.78 Å². The zero-order valence-corrected chi connectivity index (χ0v) is 10.5. The standard InChI is InChI=1S/C13H12ClN3/c1-9-5-10(2)17(16-9)8-12-4-3-11(7-15)6-13(12)14/h3-6H,8H2,1-2H3. The summed E-state index contributed by atoms with van der Waals surface area (Å²) in [6, 6.07) is 9.42. The summed E-state index contributed by atoms with van der Waals surface area (Å²) in [7, 11) is 0. The highest BCUT2D eigenvalue weighted by molar-refractivity contribution is 6.31. The first-order valence-electron chi connectivity index (χ1n) is 5.29. The van der Waals surface area contributed by atoms with Gasteiger partial charge in [0, 0.05) is 10.7 Å². The van der Waals surface area contributed by atoms with Crippen LogP contribution in [0.1, 0.15) is 22.5 Å². The second-order valence-corrected chi connectivity index (χ2v) is 4.41. The second-order valence-electron chi connectivity index (χ2n) is 4.00. The molecule has 0 bridgehead atoms. The van der Waals surface area contributed by atoms with E-state index in [1.54, 1.807) is 12.1 Å². The van der Waals surface area contributed by atoms with Crippen LogP contribution in [0.15, 0.2) is 24.3 Å². The Hall–Kier alpha value is -1.79. The van der Waals surface area contributed by atoms with Gasteiger partial charge < -0.3 is 0 Å². The number of nitrogens with zero attached hydrogens (tertiary/aromatic N) is 3. The van der Waals surface area contributed by atoms with Crippen molar-refractivity contribution in [3.63, 3.8) is 0 Å². The molecule has 0 aliphatic heterocycles. The molecule has 86 valence electrons. The summed E-state index contributed by atoms with van der Waals surface area (Å²) in [6.45, 7) is 4.60. The Morgan fingerprint density at radius 2 is 2.12 bits per heavy atom. The smallest absolute Gasteiger partial charge is 0.0992 e. The molecule has 0 spiro atoms. The third kappa shape index (κ3) is 2.48. The Kier molecular flexibility index (Phi) is 3.16. The molecule has 0 radical (unpaired) electrons. The monoisotopic (exact) mass is 245 g/mol. The minimum Gasteiger partial charge on any atom is -0.265 e. The van der Waals surface area contributed by atoms with Crippen LogP contribution in [0.3, 0.4) is 0 Å². The molecule has 1 heterocycles. The predicted molar refractivity (Wildman–Crippen MR) is 67.0 cm³/mol. The molecule has 0 amide bonds. The van der Waals surface area contributed by atoms with E-state index in [1.165, 1.54) is 0 Å². The lowest BCUT2D eigenvalue weighted by molar-refractivity contribution is 0.659. The van der Waals surface area contributed by atoms with Gasteiger partial charge in [0.15, 0.2) is 0 Å². The van der Waals surface area contributed by atoms with Crippen molar-refractivity contribution in [2.24, 2.45) is 0 Å². The van der Waals surface area contributed by atoms with Gasteiger partial charge in [0.1, 0.15) is 0 Å². The Morgan fingerprint density at radius 3 is 2.65 bits per heavy atom. The van der Waals surface area contributed by atoms with Crippen LogP contribution >= 0.6 is 11.6 Å². The minimum absolute atomic E-state index is 0.576. The van der Waals surface area contributed by atoms with Crippen LogP contribution < -0.4 is 0 Å². The fourth-order valence-corrected chi connectivity index (χ4v) is 1.98. The van der Waals surface area contributed by atoms with Gasteiger partial charge in [0.25, 0.3) is 0 Å². The molecule has 0 fully saturated rings. The highest BCUT2D eigenvalue weighted by Crippen LogP contribution is 2.19. The van der Waals surface area contributed by atoms with Crippen LogP contribution in [0.5, 0.6) is 0 Å². The number of nitriles is 1. The molecule has 0 aliphatic carbocycles. The molecule has 1 aromatic heterocycles. The summed E-state index contributed by atoms with van der Waals surface area (Å²) in [5.74, 6) is 0. The largest absolute Gasteiger partial charge is 0.265 e. The third-order valence-corrected chi connectivity index (χ3v) is 2.96. The van der Waals surface area contributed by atoms with Crippen LogP contribution in [0.2, 0.25) is 5.02 Å². The van der Waals surface area contributed by atoms with E-state index in [1.807, 2.05) is 30.7 Å². The third-order valence-electron chi connectivity index (χ3n) is 2.61. The first-order valence-corrected chi connectivity index (χ1v) is 5.67. The van der Waals surface area contributed by atoms with E-state index in [0.717, 1.165) is 17.0 Å². The molecule has 4 heteroatoms. The van der Waals surface area contributed by atoms with Crippen molar-refractivity contribution in [3.05, 3.63) is 51.8 Å². The van der Waals surface area contributed by atoms with Crippen LogP contribution in [-0.2, 0) is 6.54 Å². The average molecular weight is 246 g/mol. The van der Waals surface area contributed by atoms with Crippen LogP contribution in [0.25, 0.3) is 0 Å². The van der Waals surface area contributed by atoms with E-state index in [9.17, 15) is 0 Å². The Bertz CT molecular complexity index is 593. The number of halogens is 1. The highest BCUT2D eigenvalue weighted by atomic mass is 35.5. The fourth-order valence-electron chi connectivity index (χ4n) is 1.74. The summed E-state index contributed by atoms with van der Waals surface area (Å²) in [6.07, 6.45) is 0. The van der Waals surface area contributed by atoms with Gasteiger partial charge in [-0.25, -0.2) is 0 Å². The molecule has 3 nitrogen and oxygen atoms in total. The molecular formula is C13H12ClN3. The zero-order valence-electron chi connectivity index (χ0n) is 9.74. The summed E-state index contributed by atoms with van der Waals surface area (Å²) < 4.78 is 1.91. The minimum atomic E-state index is 0.576. The number of benzene rings is 1. The van der Waals surface area contributed by atoms with Crippen molar-refractivity contribution >= 4 is 11.6 Å². The van der Waals surface area contributed by atoms with Gasteiger partial charge in [-0.15, -0.1) is 0 Å². The molecule has 17 heavy (non-hydrogen) atoms. The molecule has 0 aliphatic rings. The lowest BCUT2D eigenvalue weighted by atomic mass is 10.1. The lowest BCUT2D eigenvalue weighted by Crippen LogP contribution is -2.04. The van der Waals surface area contributed by atoms with Gasteiger partial charge >= 0.3 is 0 Å². The van der Waals surface area contributed by atoms with Crippen molar-refractivity contribution in [1.82, 2.24) is 9.78 Å². The van der Waals surface area contributed by atoms with E-state index >= 15 is 0 Å². The average Bonchev–Trinajstić information content (AvgIpc) is 2.60. The second kappa shape index (κ2) is 4.60. The number of hydrogen-bond acceptors (Lipinski definition) is 2. The number of aryl methyl sites for hydroxylation is 2. The molecule has 0 unspecified atom stereocenters. The van der Waals surface area contributed by atoms with Crippen molar-refractivity contribution in [2.75, 3.05) is 0 Å². The summed E-state index contributed by atoms with van der Waals surface area (Å²) >= 11 is 6.12. The first-order chi connectivity index (χ1) is 8.10. The number of rotatable bonds is 2. The molecule has 2 aromatic rings. The van der Waals surface area contributed by atoms with Crippen molar-refractivity contribution in [2.45, 2.75) is 20.4 Å². The SMILES string of the molecule is Cc1cc(C)n(Cc2ccc(C#N)cc2Cl)n1. The van der Waals surface area contributed by atoms with Crippen molar-refractivity contribution < 1.29 is 0 Å².